The molecule has 1 nitrogen and oxygen atoms in total. The van der Waals surface area contributed by atoms with Crippen LogP contribution in [0.1, 0.15) is 40.0 Å². The van der Waals surface area contributed by atoms with Crippen molar-refractivity contribution in [3.8, 4) is 0 Å². The van der Waals surface area contributed by atoms with Crippen LogP contribution in [-0.4, -0.2) is 19.3 Å². The average molecular weight is 211 g/mol. The van der Waals surface area contributed by atoms with Crippen LogP contribution in [0.3, 0.4) is 0 Å². The van der Waals surface area contributed by atoms with Gasteiger partial charge in [0.05, 0.1) is 6.54 Å². The fraction of sp³-hybridized carbons (Fsp3) is 1.00. The van der Waals surface area contributed by atoms with Crippen molar-refractivity contribution in [2.45, 2.75) is 46.2 Å². The second-order valence-electron chi connectivity index (χ2n) is 4.41. The van der Waals surface area contributed by atoms with Crippen LogP contribution >= 0.6 is 0 Å². The lowest BCUT2D eigenvalue weighted by molar-refractivity contribution is -0.124. The van der Waals surface area contributed by atoms with Gasteiger partial charge < -0.3 is 5.32 Å². The van der Waals surface area contributed by atoms with Crippen LogP contribution in [0.2, 0.25) is 0 Å². The first-order valence-electron chi connectivity index (χ1n) is 5.04. The van der Waals surface area contributed by atoms with Crippen LogP contribution in [0.5, 0.6) is 0 Å². The van der Waals surface area contributed by atoms with E-state index in [0.29, 0.717) is 6.54 Å². The molecule has 0 saturated carbocycles. The maximum absolute atomic E-state index is 11.7. The van der Waals surface area contributed by atoms with Gasteiger partial charge in [0, 0.05) is 0 Å². The second-order valence-corrected chi connectivity index (χ2v) is 4.41. The monoisotopic (exact) mass is 211 g/mol. The first-order valence-corrected chi connectivity index (χ1v) is 5.04. The molecule has 0 aromatic heterocycles. The van der Waals surface area contributed by atoms with Gasteiger partial charge in [-0.3, -0.25) is 0 Å². The Labute approximate surface area is 84.1 Å². The zero-order valence-corrected chi connectivity index (χ0v) is 9.17. The van der Waals surface area contributed by atoms with E-state index in [1.165, 1.54) is 0 Å². The van der Waals surface area contributed by atoms with Crippen molar-refractivity contribution in [3.63, 3.8) is 0 Å². The summed E-state index contributed by atoms with van der Waals surface area (Å²) in [6.45, 7) is 5.94. The summed E-state index contributed by atoms with van der Waals surface area (Å²) < 4.78 is 35.2. The van der Waals surface area contributed by atoms with Crippen molar-refractivity contribution >= 4 is 0 Å². The van der Waals surface area contributed by atoms with Crippen molar-refractivity contribution in [2.75, 3.05) is 13.1 Å². The fourth-order valence-corrected chi connectivity index (χ4v) is 1.10. The van der Waals surface area contributed by atoms with E-state index in [2.05, 4.69) is 26.1 Å². The quantitative estimate of drug-likeness (QED) is 0.664. The molecule has 0 aliphatic carbocycles. The molecule has 86 valence electrons. The van der Waals surface area contributed by atoms with Gasteiger partial charge in [-0.2, -0.15) is 13.2 Å². The molecule has 0 amide bonds. The summed E-state index contributed by atoms with van der Waals surface area (Å²) in [4.78, 5) is 0. The maximum atomic E-state index is 11.7. The van der Waals surface area contributed by atoms with Gasteiger partial charge in [0.1, 0.15) is 0 Å². The molecule has 0 saturated heterocycles. The number of rotatable bonds is 6. The molecule has 0 aliphatic heterocycles. The first-order chi connectivity index (χ1) is 6.27. The van der Waals surface area contributed by atoms with Crippen LogP contribution in [-0.2, 0) is 0 Å². The zero-order valence-electron chi connectivity index (χ0n) is 9.17. The molecule has 0 fully saturated rings. The van der Waals surface area contributed by atoms with E-state index in [9.17, 15) is 13.2 Å². The topological polar surface area (TPSA) is 12.0 Å². The minimum absolute atomic E-state index is 0.250. The number of hydrogen-bond acceptors (Lipinski definition) is 1. The third kappa shape index (κ3) is 8.35. The third-order valence-electron chi connectivity index (χ3n) is 2.49. The zero-order chi connectivity index (χ0) is 11.2. The Morgan fingerprint density at radius 3 is 2.14 bits per heavy atom. The summed E-state index contributed by atoms with van der Waals surface area (Å²) in [6.07, 6.45) is -1.25. The van der Waals surface area contributed by atoms with E-state index in [-0.39, 0.29) is 5.41 Å². The van der Waals surface area contributed by atoms with Crippen molar-refractivity contribution in [3.05, 3.63) is 0 Å². The summed E-state index contributed by atoms with van der Waals surface area (Å²) in [5.74, 6) is 0. The molecular weight excluding hydrogens is 191 g/mol. The number of alkyl halides is 3. The molecule has 0 unspecified atom stereocenters. The smallest absolute Gasteiger partial charge is 0.309 e. The maximum Gasteiger partial charge on any atom is 0.401 e. The molecule has 1 N–H and O–H groups in total. The summed E-state index contributed by atoms with van der Waals surface area (Å²) in [7, 11) is 0. The van der Waals surface area contributed by atoms with Crippen molar-refractivity contribution in [2.24, 2.45) is 5.41 Å². The average Bonchev–Trinajstić information content (AvgIpc) is 2.01. The second kappa shape index (κ2) is 5.59. The van der Waals surface area contributed by atoms with E-state index in [0.717, 1.165) is 19.3 Å². The minimum Gasteiger partial charge on any atom is -0.309 e. The Kier molecular flexibility index (Phi) is 5.49. The van der Waals surface area contributed by atoms with Crippen LogP contribution in [0, 0.1) is 5.41 Å². The largest absolute Gasteiger partial charge is 0.401 e. The van der Waals surface area contributed by atoms with Crippen LogP contribution in [0.4, 0.5) is 13.2 Å². The van der Waals surface area contributed by atoms with Crippen molar-refractivity contribution in [1.29, 1.82) is 0 Å². The number of nitrogens with one attached hydrogen (secondary N) is 1. The Hall–Kier alpha value is -0.250. The molecule has 4 heteroatoms. The van der Waals surface area contributed by atoms with E-state index < -0.39 is 12.7 Å². The highest BCUT2D eigenvalue weighted by molar-refractivity contribution is 4.67. The van der Waals surface area contributed by atoms with Crippen LogP contribution in [0.15, 0.2) is 0 Å². The summed E-state index contributed by atoms with van der Waals surface area (Å²) in [6, 6.07) is 0. The lowest BCUT2D eigenvalue weighted by Crippen LogP contribution is -2.29. The SMILES string of the molecule is CCC(C)(C)CCCNCC(F)(F)F. The first kappa shape index (κ1) is 13.8. The highest BCUT2D eigenvalue weighted by Gasteiger charge is 2.26. The number of hydrogen-bond donors (Lipinski definition) is 1. The molecule has 0 aromatic rings. The lowest BCUT2D eigenvalue weighted by atomic mass is 9.85. The molecule has 0 spiro atoms. The minimum atomic E-state index is -4.08. The Morgan fingerprint density at radius 1 is 1.14 bits per heavy atom. The molecule has 0 radical (unpaired) electrons. The predicted molar refractivity (Wildman–Crippen MR) is 52.2 cm³/mol. The van der Waals surface area contributed by atoms with Gasteiger partial charge in [0.15, 0.2) is 0 Å². The highest BCUT2D eigenvalue weighted by Crippen LogP contribution is 2.25. The highest BCUT2D eigenvalue weighted by atomic mass is 19.4. The molecular formula is C10H20F3N. The van der Waals surface area contributed by atoms with E-state index in [4.69, 9.17) is 0 Å². The molecule has 14 heavy (non-hydrogen) atoms. The molecule has 0 heterocycles. The molecule has 0 aliphatic rings. The summed E-state index contributed by atoms with van der Waals surface area (Å²) in [5, 5.41) is 2.40. The van der Waals surface area contributed by atoms with Crippen LogP contribution < -0.4 is 5.32 Å². The van der Waals surface area contributed by atoms with Crippen molar-refractivity contribution < 1.29 is 13.2 Å². The standard InChI is InChI=1S/C10H20F3N/c1-4-9(2,3)6-5-7-14-8-10(11,12)13/h14H,4-8H2,1-3H3. The van der Waals surface area contributed by atoms with Crippen molar-refractivity contribution in [1.82, 2.24) is 5.32 Å². The van der Waals surface area contributed by atoms with Crippen LogP contribution in [0.25, 0.3) is 0 Å². The van der Waals surface area contributed by atoms with Gasteiger partial charge in [-0.15, -0.1) is 0 Å². The van der Waals surface area contributed by atoms with Gasteiger partial charge in [0.2, 0.25) is 0 Å². The summed E-state index contributed by atoms with van der Waals surface area (Å²) >= 11 is 0. The summed E-state index contributed by atoms with van der Waals surface area (Å²) in [5.41, 5.74) is 0.250. The van der Waals surface area contributed by atoms with Gasteiger partial charge >= 0.3 is 6.18 Å². The van der Waals surface area contributed by atoms with Gasteiger partial charge in [0.25, 0.3) is 0 Å². The Balaban J connectivity index is 3.39. The third-order valence-corrected chi connectivity index (χ3v) is 2.49. The predicted octanol–water partition coefficient (Wildman–Crippen LogP) is 3.35. The fourth-order valence-electron chi connectivity index (χ4n) is 1.10. The molecule has 0 atom stereocenters. The van der Waals surface area contributed by atoms with Gasteiger partial charge in [-0.25, -0.2) is 0 Å². The molecule has 0 aromatic carbocycles. The molecule has 0 rings (SSSR count). The number of halogens is 3. The lowest BCUT2D eigenvalue weighted by Gasteiger charge is -2.22. The van der Waals surface area contributed by atoms with Gasteiger partial charge in [-0.1, -0.05) is 27.2 Å². The Bertz CT molecular complexity index is 152. The van der Waals surface area contributed by atoms with E-state index in [1.807, 2.05) is 0 Å². The normalized spacial score (nSPS) is 13.3. The molecule has 0 bridgehead atoms. The van der Waals surface area contributed by atoms with Gasteiger partial charge in [-0.05, 0) is 24.8 Å². The Morgan fingerprint density at radius 2 is 1.71 bits per heavy atom. The van der Waals surface area contributed by atoms with E-state index in [1.54, 1.807) is 0 Å². The van der Waals surface area contributed by atoms with E-state index >= 15 is 0 Å².